The Labute approximate surface area is 174 Å². The predicted octanol–water partition coefficient (Wildman–Crippen LogP) is 3.33. The van der Waals surface area contributed by atoms with Crippen LogP contribution in [-0.4, -0.2) is 41.1 Å². The van der Waals surface area contributed by atoms with Gasteiger partial charge in [-0.15, -0.1) is 0 Å². The van der Waals surface area contributed by atoms with Gasteiger partial charge in [-0.05, 0) is 43.5 Å². The Balaban J connectivity index is 1.35. The number of hydrogen-bond acceptors (Lipinski definition) is 5. The van der Waals surface area contributed by atoms with Crippen LogP contribution in [-0.2, 0) is 26.2 Å². The van der Waals surface area contributed by atoms with Gasteiger partial charge < -0.3 is 4.57 Å². The van der Waals surface area contributed by atoms with E-state index in [1.165, 1.54) is 0 Å². The van der Waals surface area contributed by atoms with E-state index in [1.54, 1.807) is 6.33 Å². The van der Waals surface area contributed by atoms with E-state index in [4.69, 9.17) is 12.2 Å². The molecule has 0 saturated carbocycles. The Morgan fingerprint density at radius 3 is 2.66 bits per heavy atom. The van der Waals surface area contributed by atoms with Gasteiger partial charge in [0.25, 0.3) is 0 Å². The lowest BCUT2D eigenvalue weighted by molar-refractivity contribution is 0.243. The summed E-state index contributed by atoms with van der Waals surface area (Å²) in [6.07, 6.45) is 8.39. The van der Waals surface area contributed by atoms with E-state index in [2.05, 4.69) is 33.3 Å². The van der Waals surface area contributed by atoms with Crippen molar-refractivity contribution in [2.45, 2.75) is 26.2 Å². The molecule has 0 atom stereocenters. The van der Waals surface area contributed by atoms with Gasteiger partial charge in [0.2, 0.25) is 0 Å². The van der Waals surface area contributed by atoms with Gasteiger partial charge in [-0.3, -0.25) is 9.88 Å². The molecule has 0 fully saturated rings. The minimum Gasteiger partial charge on any atom is -0.306 e. The number of benzene rings is 1. The maximum absolute atomic E-state index is 5.59. The summed E-state index contributed by atoms with van der Waals surface area (Å²) < 4.78 is 6.44. The maximum Gasteiger partial charge on any atom is 0.198 e. The van der Waals surface area contributed by atoms with Crippen LogP contribution in [0.15, 0.2) is 73.4 Å². The standard InChI is InChI=1S/C21H23N7S/c1-25(14-18-13-23-27(15-18)20-8-3-2-4-9-20)17-28-21(29)26(16-24-28)12-10-19-7-5-6-11-22-19/h2-9,11,13,15-16H,10,12,14,17H2,1H3. The Morgan fingerprint density at radius 1 is 1.03 bits per heavy atom. The lowest BCUT2D eigenvalue weighted by Gasteiger charge is -2.15. The molecular formula is C21H23N7S. The second-order valence-electron chi connectivity index (χ2n) is 6.96. The van der Waals surface area contributed by atoms with E-state index in [0.717, 1.165) is 36.5 Å². The van der Waals surface area contributed by atoms with E-state index in [0.29, 0.717) is 11.4 Å². The third kappa shape index (κ3) is 4.85. The summed E-state index contributed by atoms with van der Waals surface area (Å²) >= 11 is 5.59. The van der Waals surface area contributed by atoms with Crippen LogP contribution in [0.25, 0.3) is 5.69 Å². The van der Waals surface area contributed by atoms with Crippen LogP contribution in [0, 0.1) is 4.77 Å². The molecule has 0 spiro atoms. The van der Waals surface area contributed by atoms with Crippen LogP contribution in [0.5, 0.6) is 0 Å². The lowest BCUT2D eigenvalue weighted by Crippen LogP contribution is -2.22. The van der Waals surface area contributed by atoms with Gasteiger partial charge in [-0.25, -0.2) is 9.36 Å². The van der Waals surface area contributed by atoms with Gasteiger partial charge in [-0.1, -0.05) is 24.3 Å². The van der Waals surface area contributed by atoms with Crippen molar-refractivity contribution in [1.82, 2.24) is 34.0 Å². The second kappa shape index (κ2) is 8.93. The van der Waals surface area contributed by atoms with Gasteiger partial charge in [0.1, 0.15) is 6.33 Å². The zero-order chi connectivity index (χ0) is 20.1. The molecule has 0 N–H and O–H groups in total. The third-order valence-electron chi connectivity index (χ3n) is 4.62. The SMILES string of the molecule is CN(Cc1cnn(-c2ccccc2)c1)Cn1ncn(CCc2ccccn2)c1=S. The van der Waals surface area contributed by atoms with Crippen LogP contribution in [0.4, 0.5) is 0 Å². The van der Waals surface area contributed by atoms with E-state index < -0.39 is 0 Å². The molecule has 1 aromatic carbocycles. The van der Waals surface area contributed by atoms with E-state index >= 15 is 0 Å². The second-order valence-corrected chi connectivity index (χ2v) is 7.33. The normalized spacial score (nSPS) is 11.2. The summed E-state index contributed by atoms with van der Waals surface area (Å²) in [6.45, 7) is 2.14. The Hall–Kier alpha value is -3.10. The summed E-state index contributed by atoms with van der Waals surface area (Å²) in [5.41, 5.74) is 3.24. The van der Waals surface area contributed by atoms with Crippen molar-refractivity contribution in [1.29, 1.82) is 0 Å². The minimum absolute atomic E-state index is 0.617. The topological polar surface area (TPSA) is 56.7 Å². The predicted molar refractivity (Wildman–Crippen MR) is 114 cm³/mol. The molecule has 148 valence electrons. The van der Waals surface area contributed by atoms with Crippen molar-refractivity contribution in [3.8, 4) is 5.69 Å². The molecule has 0 unspecified atom stereocenters. The number of nitrogens with zero attached hydrogens (tertiary/aromatic N) is 7. The molecule has 0 saturated heterocycles. The molecule has 29 heavy (non-hydrogen) atoms. The largest absolute Gasteiger partial charge is 0.306 e. The zero-order valence-electron chi connectivity index (χ0n) is 16.3. The number of para-hydroxylation sites is 1. The van der Waals surface area contributed by atoms with Crippen LogP contribution >= 0.6 is 12.2 Å². The molecule has 3 heterocycles. The molecule has 0 aliphatic heterocycles. The highest BCUT2D eigenvalue weighted by Gasteiger charge is 2.08. The number of hydrogen-bond donors (Lipinski definition) is 0. The van der Waals surface area contributed by atoms with Crippen LogP contribution < -0.4 is 0 Å². The number of rotatable bonds is 8. The molecule has 0 bridgehead atoms. The van der Waals surface area contributed by atoms with Crippen molar-refractivity contribution < 1.29 is 0 Å². The average Bonchev–Trinajstić information content (AvgIpc) is 3.35. The molecule has 7 nitrogen and oxygen atoms in total. The third-order valence-corrected chi connectivity index (χ3v) is 5.06. The fourth-order valence-corrected chi connectivity index (χ4v) is 3.40. The molecule has 0 aliphatic carbocycles. The molecule has 0 radical (unpaired) electrons. The van der Waals surface area contributed by atoms with Gasteiger partial charge in [0, 0.05) is 43.2 Å². The fraction of sp³-hybridized carbons (Fsp3) is 0.238. The minimum atomic E-state index is 0.617. The molecule has 0 amide bonds. The van der Waals surface area contributed by atoms with Crippen molar-refractivity contribution >= 4 is 12.2 Å². The highest BCUT2D eigenvalue weighted by molar-refractivity contribution is 7.71. The average molecular weight is 406 g/mol. The van der Waals surface area contributed by atoms with E-state index in [-0.39, 0.29) is 0 Å². The first-order valence-electron chi connectivity index (χ1n) is 9.49. The highest BCUT2D eigenvalue weighted by atomic mass is 32.1. The lowest BCUT2D eigenvalue weighted by atomic mass is 10.3. The monoisotopic (exact) mass is 405 g/mol. The smallest absolute Gasteiger partial charge is 0.198 e. The molecule has 3 aromatic heterocycles. The van der Waals surface area contributed by atoms with Crippen LogP contribution in [0.3, 0.4) is 0 Å². The molecule has 8 heteroatoms. The Kier molecular flexibility index (Phi) is 5.92. The van der Waals surface area contributed by atoms with Crippen LogP contribution in [0.2, 0.25) is 0 Å². The Bertz CT molecular complexity index is 1100. The van der Waals surface area contributed by atoms with Crippen molar-refractivity contribution in [3.05, 3.63) is 89.5 Å². The summed E-state index contributed by atoms with van der Waals surface area (Å²) in [5, 5.41) is 8.91. The number of pyridine rings is 1. The zero-order valence-corrected chi connectivity index (χ0v) is 17.1. The summed E-state index contributed by atoms with van der Waals surface area (Å²) in [6, 6.07) is 16.0. The molecular weight excluding hydrogens is 382 g/mol. The summed E-state index contributed by atoms with van der Waals surface area (Å²) in [4.78, 5) is 6.52. The molecule has 4 aromatic rings. The number of aromatic nitrogens is 6. The van der Waals surface area contributed by atoms with E-state index in [1.807, 2.05) is 74.9 Å². The molecule has 4 rings (SSSR count). The van der Waals surface area contributed by atoms with Gasteiger partial charge in [0.15, 0.2) is 4.77 Å². The summed E-state index contributed by atoms with van der Waals surface area (Å²) in [5.74, 6) is 0. The first-order chi connectivity index (χ1) is 14.2. The Morgan fingerprint density at radius 2 is 1.86 bits per heavy atom. The maximum atomic E-state index is 5.59. The quantitative estimate of drug-likeness (QED) is 0.421. The summed E-state index contributed by atoms with van der Waals surface area (Å²) in [7, 11) is 2.05. The van der Waals surface area contributed by atoms with E-state index in [9.17, 15) is 0 Å². The first-order valence-corrected chi connectivity index (χ1v) is 9.89. The van der Waals surface area contributed by atoms with Crippen molar-refractivity contribution in [2.24, 2.45) is 0 Å². The first kappa shape index (κ1) is 19.2. The fourth-order valence-electron chi connectivity index (χ4n) is 3.16. The van der Waals surface area contributed by atoms with Crippen molar-refractivity contribution in [3.63, 3.8) is 0 Å². The van der Waals surface area contributed by atoms with Crippen molar-refractivity contribution in [2.75, 3.05) is 7.05 Å². The molecule has 0 aliphatic rings. The number of aryl methyl sites for hydroxylation is 2. The van der Waals surface area contributed by atoms with Crippen LogP contribution in [0.1, 0.15) is 11.3 Å². The van der Waals surface area contributed by atoms with Gasteiger partial charge in [0.05, 0.1) is 18.6 Å². The van der Waals surface area contributed by atoms with Gasteiger partial charge >= 0.3 is 0 Å². The highest BCUT2D eigenvalue weighted by Crippen LogP contribution is 2.10. The van der Waals surface area contributed by atoms with Gasteiger partial charge in [-0.2, -0.15) is 10.2 Å².